The van der Waals surface area contributed by atoms with Gasteiger partial charge in [-0.2, -0.15) is 0 Å². The Bertz CT molecular complexity index is 540. The monoisotopic (exact) mass is 294 g/mol. The van der Waals surface area contributed by atoms with Crippen molar-refractivity contribution in [3.05, 3.63) is 23.7 Å². The Morgan fingerprint density at radius 2 is 2.19 bits per heavy atom. The summed E-state index contributed by atoms with van der Waals surface area (Å²) in [6.07, 6.45) is 3.75. The van der Waals surface area contributed by atoms with E-state index in [1.807, 2.05) is 13.0 Å². The van der Waals surface area contributed by atoms with Gasteiger partial charge in [-0.15, -0.1) is 0 Å². The summed E-state index contributed by atoms with van der Waals surface area (Å²) in [6, 6.07) is 1.58. The molecule has 2 rings (SSSR count). The number of amides is 2. The second kappa shape index (κ2) is 5.79. The van der Waals surface area contributed by atoms with E-state index in [0.29, 0.717) is 19.5 Å². The van der Waals surface area contributed by atoms with E-state index in [1.165, 1.54) is 4.90 Å². The third-order valence-corrected chi connectivity index (χ3v) is 4.28. The van der Waals surface area contributed by atoms with Crippen LogP contribution in [-0.4, -0.2) is 46.0 Å². The topological polar surface area (TPSA) is 74.0 Å². The predicted octanol–water partition coefficient (Wildman–Crippen LogP) is 2.47. The van der Waals surface area contributed by atoms with Gasteiger partial charge in [0.2, 0.25) is 0 Å². The first kappa shape index (κ1) is 15.4. The van der Waals surface area contributed by atoms with E-state index in [9.17, 15) is 14.7 Å². The molecule has 0 aromatic carbocycles. The minimum Gasteiger partial charge on any atom is -0.480 e. The number of rotatable bonds is 3. The van der Waals surface area contributed by atoms with Crippen LogP contribution in [0.2, 0.25) is 0 Å². The van der Waals surface area contributed by atoms with E-state index in [-0.39, 0.29) is 6.03 Å². The number of hydrogen-bond acceptors (Lipinski definition) is 3. The van der Waals surface area contributed by atoms with Gasteiger partial charge in [-0.05, 0) is 39.2 Å². The van der Waals surface area contributed by atoms with Crippen molar-refractivity contribution in [2.45, 2.75) is 45.2 Å². The highest BCUT2D eigenvalue weighted by atomic mass is 16.4. The van der Waals surface area contributed by atoms with E-state index in [4.69, 9.17) is 4.42 Å². The molecule has 1 fully saturated rings. The molecule has 6 heteroatoms. The average Bonchev–Trinajstić information content (AvgIpc) is 2.84. The van der Waals surface area contributed by atoms with E-state index in [1.54, 1.807) is 25.1 Å². The number of aryl methyl sites for hydroxylation is 1. The number of carboxylic acid groups (broad SMARTS) is 1. The fraction of sp³-hybridized carbons (Fsp3) is 0.600. The standard InChI is InChI=1S/C15H22N2O4/c1-11-12(6-9-21-11)10-16(3)14(20)17-8-5-4-7-15(17,2)13(18)19/h6,9H,4-5,7-8,10H2,1-3H3,(H,18,19). The Labute approximate surface area is 124 Å². The number of carboxylic acids is 1. The summed E-state index contributed by atoms with van der Waals surface area (Å²) in [7, 11) is 1.69. The lowest BCUT2D eigenvalue weighted by molar-refractivity contribution is -0.150. The number of furan rings is 1. The average molecular weight is 294 g/mol. The Hall–Kier alpha value is -1.98. The Balaban J connectivity index is 2.13. The number of nitrogens with zero attached hydrogens (tertiary/aromatic N) is 2. The van der Waals surface area contributed by atoms with Crippen molar-refractivity contribution >= 4 is 12.0 Å². The number of carbonyl (C=O) groups excluding carboxylic acids is 1. The minimum atomic E-state index is -1.12. The predicted molar refractivity (Wildman–Crippen MR) is 76.9 cm³/mol. The van der Waals surface area contributed by atoms with E-state index < -0.39 is 11.5 Å². The van der Waals surface area contributed by atoms with Gasteiger partial charge in [0.15, 0.2) is 0 Å². The quantitative estimate of drug-likeness (QED) is 0.929. The van der Waals surface area contributed by atoms with Crippen LogP contribution >= 0.6 is 0 Å². The molecule has 1 aliphatic heterocycles. The molecule has 1 aliphatic rings. The summed E-state index contributed by atoms with van der Waals surface area (Å²) in [5, 5.41) is 9.47. The molecule has 1 aromatic heterocycles. The minimum absolute atomic E-state index is 0.250. The normalized spacial score (nSPS) is 22.1. The second-order valence-corrected chi connectivity index (χ2v) is 5.83. The summed E-state index contributed by atoms with van der Waals surface area (Å²) in [6.45, 7) is 4.36. The van der Waals surface area contributed by atoms with Crippen LogP contribution in [-0.2, 0) is 11.3 Å². The van der Waals surface area contributed by atoms with Crippen molar-refractivity contribution in [3.63, 3.8) is 0 Å². The summed E-state index contributed by atoms with van der Waals surface area (Å²) < 4.78 is 5.22. The van der Waals surface area contributed by atoms with Gasteiger partial charge in [-0.1, -0.05) is 0 Å². The Morgan fingerprint density at radius 1 is 1.48 bits per heavy atom. The van der Waals surface area contributed by atoms with Crippen LogP contribution in [0.15, 0.2) is 16.7 Å². The Kier molecular flexibility index (Phi) is 4.25. The number of hydrogen-bond donors (Lipinski definition) is 1. The van der Waals surface area contributed by atoms with Crippen molar-refractivity contribution < 1.29 is 19.1 Å². The van der Waals surface area contributed by atoms with E-state index in [0.717, 1.165) is 24.2 Å². The molecule has 0 spiro atoms. The van der Waals surface area contributed by atoms with Crippen molar-refractivity contribution in [2.24, 2.45) is 0 Å². The lowest BCUT2D eigenvalue weighted by atomic mass is 9.89. The van der Waals surface area contributed by atoms with Gasteiger partial charge in [0.25, 0.3) is 0 Å². The van der Waals surface area contributed by atoms with Crippen LogP contribution in [0.3, 0.4) is 0 Å². The molecule has 0 radical (unpaired) electrons. The molecule has 1 saturated heterocycles. The van der Waals surface area contributed by atoms with Crippen LogP contribution < -0.4 is 0 Å². The zero-order valence-corrected chi connectivity index (χ0v) is 12.8. The molecule has 0 aliphatic carbocycles. The zero-order chi connectivity index (χ0) is 15.6. The maximum Gasteiger partial charge on any atom is 0.329 e. The fourth-order valence-electron chi connectivity index (χ4n) is 2.75. The number of piperidine rings is 1. The highest BCUT2D eigenvalue weighted by Crippen LogP contribution is 2.29. The molecule has 116 valence electrons. The highest BCUT2D eigenvalue weighted by Gasteiger charge is 2.44. The van der Waals surface area contributed by atoms with E-state index in [2.05, 4.69) is 0 Å². The number of aliphatic carboxylic acids is 1. The van der Waals surface area contributed by atoms with Crippen LogP contribution in [0.1, 0.15) is 37.5 Å². The fourth-order valence-corrected chi connectivity index (χ4v) is 2.75. The molecule has 2 amide bonds. The molecular weight excluding hydrogens is 272 g/mol. The summed E-state index contributed by atoms with van der Waals surface area (Å²) >= 11 is 0. The molecule has 1 unspecified atom stereocenters. The molecule has 1 N–H and O–H groups in total. The number of urea groups is 1. The van der Waals surface area contributed by atoms with Crippen LogP contribution in [0.4, 0.5) is 4.79 Å². The van der Waals surface area contributed by atoms with Crippen LogP contribution in [0.25, 0.3) is 0 Å². The zero-order valence-electron chi connectivity index (χ0n) is 12.8. The van der Waals surface area contributed by atoms with Crippen molar-refractivity contribution in [1.82, 2.24) is 9.80 Å². The summed E-state index contributed by atoms with van der Waals surface area (Å²) in [4.78, 5) is 27.2. The maximum absolute atomic E-state index is 12.6. The molecule has 0 saturated carbocycles. The van der Waals surface area contributed by atoms with Crippen LogP contribution in [0.5, 0.6) is 0 Å². The molecule has 2 heterocycles. The third kappa shape index (κ3) is 2.89. The first-order valence-corrected chi connectivity index (χ1v) is 7.15. The molecule has 0 bridgehead atoms. The van der Waals surface area contributed by atoms with Gasteiger partial charge in [0.05, 0.1) is 12.8 Å². The maximum atomic E-state index is 12.6. The largest absolute Gasteiger partial charge is 0.480 e. The van der Waals surface area contributed by atoms with Gasteiger partial charge in [0.1, 0.15) is 11.3 Å². The van der Waals surface area contributed by atoms with Gasteiger partial charge < -0.3 is 19.3 Å². The summed E-state index contributed by atoms with van der Waals surface area (Å²) in [5.41, 5.74) is -0.186. The first-order chi connectivity index (χ1) is 9.86. The third-order valence-electron chi connectivity index (χ3n) is 4.28. The van der Waals surface area contributed by atoms with Crippen LogP contribution in [0, 0.1) is 6.92 Å². The number of carbonyl (C=O) groups is 2. The molecular formula is C15H22N2O4. The van der Waals surface area contributed by atoms with Crippen molar-refractivity contribution in [1.29, 1.82) is 0 Å². The molecule has 6 nitrogen and oxygen atoms in total. The molecule has 1 aromatic rings. The SMILES string of the molecule is Cc1occc1CN(C)C(=O)N1CCCCC1(C)C(=O)O. The van der Waals surface area contributed by atoms with Crippen molar-refractivity contribution in [2.75, 3.05) is 13.6 Å². The highest BCUT2D eigenvalue weighted by molar-refractivity contribution is 5.86. The smallest absolute Gasteiger partial charge is 0.329 e. The molecule has 1 atom stereocenters. The van der Waals surface area contributed by atoms with Gasteiger partial charge in [-0.3, -0.25) is 0 Å². The number of likely N-dealkylation sites (tertiary alicyclic amines) is 1. The lowest BCUT2D eigenvalue weighted by Gasteiger charge is -2.43. The lowest BCUT2D eigenvalue weighted by Crippen LogP contribution is -2.60. The second-order valence-electron chi connectivity index (χ2n) is 5.83. The van der Waals surface area contributed by atoms with Crippen molar-refractivity contribution in [3.8, 4) is 0 Å². The Morgan fingerprint density at radius 3 is 2.76 bits per heavy atom. The first-order valence-electron chi connectivity index (χ1n) is 7.15. The van der Waals surface area contributed by atoms with E-state index >= 15 is 0 Å². The molecule has 21 heavy (non-hydrogen) atoms. The summed E-state index contributed by atoms with van der Waals surface area (Å²) in [5.74, 6) is -0.169. The van der Waals surface area contributed by atoms with Gasteiger partial charge in [0, 0.05) is 19.2 Å². The van der Waals surface area contributed by atoms with Gasteiger partial charge in [-0.25, -0.2) is 9.59 Å². The van der Waals surface area contributed by atoms with Gasteiger partial charge >= 0.3 is 12.0 Å².